The Hall–Kier alpha value is -1.59. The molecular formula is C13H22N2O4. The number of rotatable bonds is 6. The van der Waals surface area contributed by atoms with Crippen molar-refractivity contribution in [2.75, 3.05) is 26.2 Å². The number of aliphatic carboxylic acids is 1. The van der Waals surface area contributed by atoms with E-state index in [-0.39, 0.29) is 31.3 Å². The molecule has 108 valence electrons. The molecule has 1 fully saturated rings. The van der Waals surface area contributed by atoms with Crippen molar-refractivity contribution in [1.82, 2.24) is 9.80 Å². The van der Waals surface area contributed by atoms with Crippen molar-refractivity contribution in [1.29, 1.82) is 0 Å². The first kappa shape index (κ1) is 15.5. The second-order valence-corrected chi connectivity index (χ2v) is 4.74. The van der Waals surface area contributed by atoms with E-state index in [1.807, 2.05) is 6.92 Å². The number of hydrogen-bond donors (Lipinski definition) is 1. The summed E-state index contributed by atoms with van der Waals surface area (Å²) in [4.78, 5) is 37.5. The van der Waals surface area contributed by atoms with E-state index < -0.39 is 5.97 Å². The Morgan fingerprint density at radius 2 is 2.05 bits per heavy atom. The molecule has 1 heterocycles. The molecule has 1 rings (SSSR count). The summed E-state index contributed by atoms with van der Waals surface area (Å²) in [5.41, 5.74) is 0. The molecule has 6 nitrogen and oxygen atoms in total. The number of carboxylic acids is 1. The number of nitrogens with zero attached hydrogens (tertiary/aromatic N) is 2. The van der Waals surface area contributed by atoms with Crippen LogP contribution in [-0.4, -0.2) is 58.9 Å². The van der Waals surface area contributed by atoms with Gasteiger partial charge in [-0.3, -0.25) is 14.4 Å². The van der Waals surface area contributed by atoms with Crippen molar-refractivity contribution in [3.8, 4) is 0 Å². The number of amides is 2. The minimum absolute atomic E-state index is 0.0279. The molecule has 1 aliphatic heterocycles. The largest absolute Gasteiger partial charge is 0.481 e. The minimum atomic E-state index is -0.919. The van der Waals surface area contributed by atoms with Crippen molar-refractivity contribution in [2.24, 2.45) is 0 Å². The Labute approximate surface area is 113 Å². The summed E-state index contributed by atoms with van der Waals surface area (Å²) in [7, 11) is 0. The third kappa shape index (κ3) is 5.28. The second kappa shape index (κ2) is 7.76. The van der Waals surface area contributed by atoms with E-state index in [4.69, 9.17) is 5.11 Å². The quantitative estimate of drug-likeness (QED) is 0.771. The Morgan fingerprint density at radius 3 is 2.68 bits per heavy atom. The summed E-state index contributed by atoms with van der Waals surface area (Å²) >= 11 is 0. The zero-order valence-corrected chi connectivity index (χ0v) is 11.4. The van der Waals surface area contributed by atoms with E-state index >= 15 is 0 Å². The van der Waals surface area contributed by atoms with Crippen molar-refractivity contribution in [3.05, 3.63) is 0 Å². The fraction of sp³-hybridized carbons (Fsp3) is 0.769. The number of carbonyl (C=O) groups excluding carboxylic acids is 2. The molecular weight excluding hydrogens is 248 g/mol. The van der Waals surface area contributed by atoms with Crippen LogP contribution in [0.15, 0.2) is 0 Å². The van der Waals surface area contributed by atoms with E-state index in [9.17, 15) is 14.4 Å². The van der Waals surface area contributed by atoms with Gasteiger partial charge in [0.2, 0.25) is 11.8 Å². The molecule has 0 saturated carbocycles. The van der Waals surface area contributed by atoms with Gasteiger partial charge in [0.1, 0.15) is 0 Å². The molecule has 0 unspecified atom stereocenters. The molecule has 19 heavy (non-hydrogen) atoms. The Bertz CT molecular complexity index is 344. The number of likely N-dealkylation sites (tertiary alicyclic amines) is 1. The van der Waals surface area contributed by atoms with E-state index in [1.54, 1.807) is 4.90 Å². The van der Waals surface area contributed by atoms with Gasteiger partial charge in [0.15, 0.2) is 0 Å². The molecule has 1 aliphatic rings. The smallest absolute Gasteiger partial charge is 0.305 e. The highest BCUT2D eigenvalue weighted by Crippen LogP contribution is 2.11. The highest BCUT2D eigenvalue weighted by molar-refractivity contribution is 5.85. The predicted octanol–water partition coefficient (Wildman–Crippen LogP) is 0.712. The first-order valence-electron chi connectivity index (χ1n) is 6.82. The molecule has 0 bridgehead atoms. The lowest BCUT2D eigenvalue weighted by molar-refractivity contribution is -0.142. The molecule has 2 amide bonds. The summed E-state index contributed by atoms with van der Waals surface area (Å²) in [5.74, 6) is -1.06. The maximum Gasteiger partial charge on any atom is 0.305 e. The zero-order valence-electron chi connectivity index (χ0n) is 11.4. The first-order chi connectivity index (χ1) is 9.04. The van der Waals surface area contributed by atoms with Gasteiger partial charge in [-0.1, -0.05) is 6.42 Å². The number of carboxylic acid groups (broad SMARTS) is 1. The fourth-order valence-electron chi connectivity index (χ4n) is 2.16. The van der Waals surface area contributed by atoms with Crippen LogP contribution >= 0.6 is 0 Å². The summed E-state index contributed by atoms with van der Waals surface area (Å²) in [6.07, 6.45) is 3.29. The first-order valence-corrected chi connectivity index (χ1v) is 6.82. The average molecular weight is 270 g/mol. The van der Waals surface area contributed by atoms with E-state index in [0.29, 0.717) is 19.5 Å². The maximum atomic E-state index is 12.1. The lowest BCUT2D eigenvalue weighted by Crippen LogP contribution is -2.43. The van der Waals surface area contributed by atoms with Crippen LogP contribution in [0.3, 0.4) is 0 Å². The van der Waals surface area contributed by atoms with Gasteiger partial charge in [-0.15, -0.1) is 0 Å². The van der Waals surface area contributed by atoms with Crippen molar-refractivity contribution in [3.63, 3.8) is 0 Å². The van der Waals surface area contributed by atoms with Gasteiger partial charge in [0.05, 0.1) is 13.0 Å². The highest BCUT2D eigenvalue weighted by Gasteiger charge is 2.22. The topological polar surface area (TPSA) is 77.9 Å². The summed E-state index contributed by atoms with van der Waals surface area (Å²) < 4.78 is 0. The SMILES string of the molecule is CCN(CCC(=O)O)C(=O)CN1CCCCCC1=O. The van der Waals surface area contributed by atoms with Crippen molar-refractivity contribution in [2.45, 2.75) is 39.0 Å². The van der Waals surface area contributed by atoms with Gasteiger partial charge in [-0.2, -0.15) is 0 Å². The van der Waals surface area contributed by atoms with Crippen LogP contribution in [0, 0.1) is 0 Å². The fourth-order valence-corrected chi connectivity index (χ4v) is 2.16. The molecule has 0 aliphatic carbocycles. The monoisotopic (exact) mass is 270 g/mol. The third-order valence-corrected chi connectivity index (χ3v) is 3.33. The van der Waals surface area contributed by atoms with Crippen LogP contribution in [-0.2, 0) is 14.4 Å². The van der Waals surface area contributed by atoms with Gasteiger partial charge >= 0.3 is 5.97 Å². The zero-order chi connectivity index (χ0) is 14.3. The van der Waals surface area contributed by atoms with E-state index in [0.717, 1.165) is 19.3 Å². The van der Waals surface area contributed by atoms with Gasteiger partial charge in [0.25, 0.3) is 0 Å². The number of hydrogen-bond acceptors (Lipinski definition) is 3. The molecule has 0 spiro atoms. The minimum Gasteiger partial charge on any atom is -0.481 e. The number of carbonyl (C=O) groups is 3. The third-order valence-electron chi connectivity index (χ3n) is 3.33. The average Bonchev–Trinajstić information content (AvgIpc) is 2.55. The molecule has 0 radical (unpaired) electrons. The summed E-state index contributed by atoms with van der Waals surface area (Å²) in [6, 6.07) is 0. The highest BCUT2D eigenvalue weighted by atomic mass is 16.4. The van der Waals surface area contributed by atoms with Crippen molar-refractivity contribution >= 4 is 17.8 Å². The lowest BCUT2D eigenvalue weighted by atomic mass is 10.2. The molecule has 6 heteroatoms. The molecule has 0 aromatic heterocycles. The normalized spacial score (nSPS) is 16.1. The maximum absolute atomic E-state index is 12.1. The lowest BCUT2D eigenvalue weighted by Gasteiger charge is -2.25. The van der Waals surface area contributed by atoms with Gasteiger partial charge < -0.3 is 14.9 Å². The van der Waals surface area contributed by atoms with Crippen molar-refractivity contribution < 1.29 is 19.5 Å². The van der Waals surface area contributed by atoms with Gasteiger partial charge in [-0.25, -0.2) is 0 Å². The molecule has 0 aromatic carbocycles. The Kier molecular flexibility index (Phi) is 6.32. The molecule has 1 saturated heterocycles. The van der Waals surface area contributed by atoms with Gasteiger partial charge in [-0.05, 0) is 19.8 Å². The molecule has 0 atom stereocenters. The molecule has 0 aromatic rings. The second-order valence-electron chi connectivity index (χ2n) is 4.74. The summed E-state index contributed by atoms with van der Waals surface area (Å²) in [6.45, 7) is 3.18. The van der Waals surface area contributed by atoms with E-state index in [2.05, 4.69) is 0 Å². The molecule has 1 N–H and O–H groups in total. The standard InChI is InChI=1S/C13H22N2O4/c1-2-14(9-7-13(18)19)12(17)10-15-8-5-3-4-6-11(15)16/h2-10H2,1H3,(H,18,19). The Morgan fingerprint density at radius 1 is 1.32 bits per heavy atom. The number of likely N-dealkylation sites (N-methyl/N-ethyl adjacent to an activating group) is 1. The summed E-state index contributed by atoms with van der Waals surface area (Å²) in [5, 5.41) is 8.64. The Balaban J connectivity index is 2.50. The van der Waals surface area contributed by atoms with Gasteiger partial charge in [0, 0.05) is 26.1 Å². The van der Waals surface area contributed by atoms with Crippen LogP contribution in [0.4, 0.5) is 0 Å². The van der Waals surface area contributed by atoms with Crippen LogP contribution in [0.5, 0.6) is 0 Å². The van der Waals surface area contributed by atoms with Crippen LogP contribution < -0.4 is 0 Å². The van der Waals surface area contributed by atoms with Crippen LogP contribution in [0.1, 0.15) is 39.0 Å². The van der Waals surface area contributed by atoms with E-state index in [1.165, 1.54) is 4.90 Å². The predicted molar refractivity (Wildman–Crippen MR) is 69.6 cm³/mol. The van der Waals surface area contributed by atoms with Crippen LogP contribution in [0.2, 0.25) is 0 Å². The van der Waals surface area contributed by atoms with Crippen LogP contribution in [0.25, 0.3) is 0 Å².